The topological polar surface area (TPSA) is 6.48 Å². The van der Waals surface area contributed by atoms with Crippen molar-refractivity contribution in [1.82, 2.24) is 9.80 Å². The maximum Gasteiger partial charge on any atom is 0.0264 e. The Balaban J connectivity index is 1.80. The fraction of sp³-hybridized carbons (Fsp3) is 1.00. The lowest BCUT2D eigenvalue weighted by Crippen LogP contribution is -2.47. The fourth-order valence-corrected chi connectivity index (χ4v) is 7.07. The van der Waals surface area contributed by atoms with Crippen molar-refractivity contribution in [3.8, 4) is 0 Å². The van der Waals surface area contributed by atoms with Crippen LogP contribution in [0.2, 0.25) is 0 Å². The van der Waals surface area contributed by atoms with Gasteiger partial charge in [-0.25, -0.2) is 10.9 Å². The maximum absolute atomic E-state index is 2.76. The van der Waals surface area contributed by atoms with Crippen LogP contribution in [-0.2, 0) is 0 Å². The molecule has 24 heavy (non-hydrogen) atoms. The van der Waals surface area contributed by atoms with Crippen LogP contribution < -0.4 is 0 Å². The first-order valence-corrected chi connectivity index (χ1v) is 12.3. The molecule has 2 fully saturated rings. The van der Waals surface area contributed by atoms with Crippen molar-refractivity contribution >= 4 is 10.9 Å². The van der Waals surface area contributed by atoms with E-state index in [9.17, 15) is 0 Å². The molecule has 0 amide bonds. The lowest BCUT2D eigenvalue weighted by molar-refractivity contribution is 0.0725. The first-order valence-electron chi connectivity index (χ1n) is 10.2. The minimum atomic E-state index is 0.161. The van der Waals surface area contributed by atoms with E-state index in [1.165, 1.54) is 63.6 Å². The number of rotatable bonds is 6. The van der Waals surface area contributed by atoms with E-state index in [4.69, 9.17) is 0 Å². The largest absolute Gasteiger partial charge is 0.302 e. The van der Waals surface area contributed by atoms with Crippen LogP contribution in [0.1, 0.15) is 60.8 Å². The molecule has 0 N–H and O–H groups in total. The van der Waals surface area contributed by atoms with Crippen LogP contribution >= 0.6 is 10.9 Å². The van der Waals surface area contributed by atoms with Gasteiger partial charge in [0.25, 0.3) is 0 Å². The van der Waals surface area contributed by atoms with Crippen molar-refractivity contribution in [2.45, 2.75) is 60.8 Å². The summed E-state index contributed by atoms with van der Waals surface area (Å²) >= 11 is 0. The van der Waals surface area contributed by atoms with Crippen LogP contribution in [0.25, 0.3) is 0 Å². The maximum atomic E-state index is 2.76. The van der Waals surface area contributed by atoms with Gasteiger partial charge in [0.05, 0.1) is 0 Å². The zero-order valence-corrected chi connectivity index (χ0v) is 18.5. The molecule has 0 spiro atoms. The van der Waals surface area contributed by atoms with Crippen molar-refractivity contribution in [2.24, 2.45) is 22.7 Å². The van der Waals surface area contributed by atoms with Gasteiger partial charge in [-0.3, -0.25) is 4.90 Å². The Morgan fingerprint density at radius 1 is 1.00 bits per heavy atom. The molecule has 2 aliphatic rings. The van der Waals surface area contributed by atoms with Crippen molar-refractivity contribution in [2.75, 3.05) is 50.6 Å². The van der Waals surface area contributed by atoms with Crippen molar-refractivity contribution < 1.29 is 0 Å². The van der Waals surface area contributed by atoms with Crippen LogP contribution in [0.5, 0.6) is 0 Å². The molecule has 0 radical (unpaired) electrons. The molecule has 0 aromatic rings. The SMILES string of the molecule is CC(C)CN1CC(C[SH](C)CN2CCC(C)(C)CC2)CC(C)(C)C1. The predicted molar refractivity (Wildman–Crippen MR) is 112 cm³/mol. The summed E-state index contributed by atoms with van der Waals surface area (Å²) < 4.78 is 0. The summed E-state index contributed by atoms with van der Waals surface area (Å²) in [7, 11) is 0.161. The molecule has 2 heterocycles. The quantitative estimate of drug-likeness (QED) is 0.689. The molecular weight excluding hydrogens is 312 g/mol. The minimum Gasteiger partial charge on any atom is -0.302 e. The Labute approximate surface area is 155 Å². The van der Waals surface area contributed by atoms with E-state index in [1.807, 2.05) is 0 Å². The first-order chi connectivity index (χ1) is 11.0. The van der Waals surface area contributed by atoms with Gasteiger partial charge in [-0.15, -0.1) is 0 Å². The van der Waals surface area contributed by atoms with E-state index in [0.717, 1.165) is 11.8 Å². The van der Waals surface area contributed by atoms with Crippen LogP contribution in [0.3, 0.4) is 0 Å². The zero-order valence-electron chi connectivity index (χ0n) is 17.6. The van der Waals surface area contributed by atoms with E-state index in [0.29, 0.717) is 10.8 Å². The van der Waals surface area contributed by atoms with E-state index < -0.39 is 0 Å². The van der Waals surface area contributed by atoms with Crippen molar-refractivity contribution in [3.63, 3.8) is 0 Å². The number of hydrogen-bond donors (Lipinski definition) is 1. The standard InChI is InChI=1S/C21H44N2S/c1-18(2)13-23-14-19(12-21(5,6)16-23)15-24(7)17-22-10-8-20(3,4)9-11-22/h18-19,24H,8-17H2,1-7H3. The molecule has 2 unspecified atom stereocenters. The summed E-state index contributed by atoms with van der Waals surface area (Å²) in [4.78, 5) is 5.52. The third-order valence-corrected chi connectivity index (χ3v) is 7.88. The van der Waals surface area contributed by atoms with Gasteiger partial charge < -0.3 is 4.90 Å². The second-order valence-electron chi connectivity index (χ2n) is 10.8. The molecule has 0 aliphatic carbocycles. The third-order valence-electron chi connectivity index (χ3n) is 5.85. The number of piperidine rings is 2. The first kappa shape index (κ1) is 20.6. The number of likely N-dealkylation sites (tertiary alicyclic amines) is 2. The Bertz CT molecular complexity index is 381. The van der Waals surface area contributed by atoms with Crippen LogP contribution in [0, 0.1) is 22.7 Å². The summed E-state index contributed by atoms with van der Waals surface area (Å²) in [6.45, 7) is 21.1. The molecular formula is C21H44N2S. The normalized spacial score (nSPS) is 30.5. The summed E-state index contributed by atoms with van der Waals surface area (Å²) in [6.07, 6.45) is 6.76. The van der Waals surface area contributed by atoms with Crippen LogP contribution in [0.4, 0.5) is 0 Å². The second kappa shape index (κ2) is 8.31. The van der Waals surface area contributed by atoms with E-state index in [1.54, 1.807) is 0 Å². The summed E-state index contributed by atoms with van der Waals surface area (Å²) in [5.74, 6) is 4.57. The Hall–Kier alpha value is 0.270. The molecule has 0 aromatic carbocycles. The molecule has 2 atom stereocenters. The highest BCUT2D eigenvalue weighted by atomic mass is 32.2. The predicted octanol–water partition coefficient (Wildman–Crippen LogP) is 4.70. The molecule has 3 heteroatoms. The van der Waals surface area contributed by atoms with E-state index in [2.05, 4.69) is 57.6 Å². The average Bonchev–Trinajstić information content (AvgIpc) is 2.38. The van der Waals surface area contributed by atoms with Gasteiger partial charge in [0.1, 0.15) is 0 Å². The molecule has 2 nitrogen and oxygen atoms in total. The number of nitrogens with zero attached hydrogens (tertiary/aromatic N) is 2. The number of hydrogen-bond acceptors (Lipinski definition) is 2. The molecule has 0 saturated carbocycles. The van der Waals surface area contributed by atoms with Crippen LogP contribution in [0.15, 0.2) is 0 Å². The highest BCUT2D eigenvalue weighted by Gasteiger charge is 2.33. The summed E-state index contributed by atoms with van der Waals surface area (Å²) in [5.41, 5.74) is 1.08. The molecule has 0 bridgehead atoms. The molecule has 144 valence electrons. The van der Waals surface area contributed by atoms with Gasteiger partial charge in [-0.1, -0.05) is 41.5 Å². The van der Waals surface area contributed by atoms with E-state index in [-0.39, 0.29) is 10.9 Å². The van der Waals surface area contributed by atoms with E-state index >= 15 is 0 Å². The summed E-state index contributed by atoms with van der Waals surface area (Å²) in [6, 6.07) is 0. The summed E-state index contributed by atoms with van der Waals surface area (Å²) in [5, 5.41) is 0. The number of thiol groups is 1. The highest BCUT2D eigenvalue weighted by Crippen LogP contribution is 2.38. The molecule has 2 aliphatic heterocycles. The van der Waals surface area contributed by atoms with Gasteiger partial charge in [0.2, 0.25) is 0 Å². The highest BCUT2D eigenvalue weighted by molar-refractivity contribution is 8.16. The van der Waals surface area contributed by atoms with Crippen LogP contribution in [-0.4, -0.2) is 60.4 Å². The smallest absolute Gasteiger partial charge is 0.0264 e. The Kier molecular flexibility index (Phi) is 7.12. The lowest BCUT2D eigenvalue weighted by Gasteiger charge is -2.45. The molecule has 2 saturated heterocycles. The van der Waals surface area contributed by atoms with Gasteiger partial charge in [0.15, 0.2) is 0 Å². The van der Waals surface area contributed by atoms with Gasteiger partial charge in [-0.05, 0) is 67.0 Å². The fourth-order valence-electron chi connectivity index (χ4n) is 4.86. The van der Waals surface area contributed by atoms with Gasteiger partial charge in [0, 0.05) is 25.5 Å². The molecule has 2 rings (SSSR count). The Morgan fingerprint density at radius 3 is 2.21 bits per heavy atom. The van der Waals surface area contributed by atoms with Gasteiger partial charge in [-0.2, -0.15) is 0 Å². The van der Waals surface area contributed by atoms with Crippen molar-refractivity contribution in [1.29, 1.82) is 0 Å². The monoisotopic (exact) mass is 356 g/mol. The van der Waals surface area contributed by atoms with Crippen molar-refractivity contribution in [3.05, 3.63) is 0 Å². The zero-order chi connectivity index (χ0) is 18.0. The Morgan fingerprint density at radius 2 is 1.62 bits per heavy atom. The minimum absolute atomic E-state index is 0.161. The lowest BCUT2D eigenvalue weighted by atomic mass is 9.79. The van der Waals surface area contributed by atoms with Gasteiger partial charge >= 0.3 is 0 Å². The average molecular weight is 357 g/mol. The second-order valence-corrected chi connectivity index (χ2v) is 13.1. The molecule has 0 aromatic heterocycles. The third kappa shape index (κ3) is 6.88.